The number of hydrogen-bond acceptors (Lipinski definition) is 4. The zero-order chi connectivity index (χ0) is 18.7. The summed E-state index contributed by atoms with van der Waals surface area (Å²) in [5.41, 5.74) is 1.34. The van der Waals surface area contributed by atoms with Gasteiger partial charge in [-0.05, 0) is 30.3 Å². The number of aromatic nitrogens is 2. The highest BCUT2D eigenvalue weighted by Gasteiger charge is 2.12. The summed E-state index contributed by atoms with van der Waals surface area (Å²) >= 11 is 0. The van der Waals surface area contributed by atoms with Crippen molar-refractivity contribution in [1.82, 2.24) is 15.1 Å². The van der Waals surface area contributed by atoms with Crippen LogP contribution in [0.4, 0.5) is 5.69 Å². The molecule has 0 aliphatic heterocycles. The van der Waals surface area contributed by atoms with Crippen LogP contribution in [0.15, 0.2) is 53.3 Å². The third-order valence-electron chi connectivity index (χ3n) is 3.92. The minimum atomic E-state index is -0.286. The Bertz CT molecular complexity index is 1020. The maximum Gasteiger partial charge on any atom is 0.272 e. The number of anilines is 1. The van der Waals surface area contributed by atoms with Crippen molar-refractivity contribution >= 4 is 28.3 Å². The quantitative estimate of drug-likeness (QED) is 0.750. The van der Waals surface area contributed by atoms with Gasteiger partial charge >= 0.3 is 0 Å². The van der Waals surface area contributed by atoms with Gasteiger partial charge in [-0.15, -0.1) is 0 Å². The number of carbonyl (C=O) groups excluding carboxylic acids is 2. The second-order valence-corrected chi connectivity index (χ2v) is 6.05. The maximum atomic E-state index is 12.3. The van der Waals surface area contributed by atoms with Crippen molar-refractivity contribution in [2.45, 2.75) is 6.42 Å². The highest BCUT2D eigenvalue weighted by Crippen LogP contribution is 2.15. The first-order valence-electron chi connectivity index (χ1n) is 8.03. The van der Waals surface area contributed by atoms with Gasteiger partial charge in [0.2, 0.25) is 5.91 Å². The van der Waals surface area contributed by atoms with Gasteiger partial charge in [-0.1, -0.05) is 18.2 Å². The molecule has 2 N–H and O–H groups in total. The summed E-state index contributed by atoms with van der Waals surface area (Å²) in [4.78, 5) is 37.5. The third kappa shape index (κ3) is 3.61. The van der Waals surface area contributed by atoms with Crippen molar-refractivity contribution in [3.8, 4) is 0 Å². The molecule has 26 heavy (non-hydrogen) atoms. The number of hydrogen-bond donors (Lipinski definition) is 2. The van der Waals surface area contributed by atoms with E-state index in [4.69, 9.17) is 0 Å². The van der Waals surface area contributed by atoms with Gasteiger partial charge in [0.25, 0.3) is 11.5 Å². The predicted molar refractivity (Wildman–Crippen MR) is 99.2 cm³/mol. The van der Waals surface area contributed by atoms with Crippen LogP contribution in [0, 0.1) is 0 Å². The SMILES string of the molecule is CN(C)C(=O)c1ccc(NC(=O)Cc2n[nH]c(=O)c3ccccc23)cc1. The smallest absolute Gasteiger partial charge is 0.272 e. The number of nitrogens with zero attached hydrogens (tertiary/aromatic N) is 2. The fourth-order valence-corrected chi connectivity index (χ4v) is 2.62. The fraction of sp³-hybridized carbons (Fsp3) is 0.158. The zero-order valence-electron chi connectivity index (χ0n) is 14.4. The summed E-state index contributed by atoms with van der Waals surface area (Å²) in [6, 6.07) is 13.7. The van der Waals surface area contributed by atoms with Crippen molar-refractivity contribution in [3.63, 3.8) is 0 Å². The van der Waals surface area contributed by atoms with Crippen molar-refractivity contribution in [2.24, 2.45) is 0 Å². The Balaban J connectivity index is 1.75. The lowest BCUT2D eigenvalue weighted by atomic mass is 10.1. The maximum absolute atomic E-state index is 12.3. The van der Waals surface area contributed by atoms with Crippen LogP contribution in [-0.4, -0.2) is 41.0 Å². The summed E-state index contributed by atoms with van der Waals surface area (Å²) in [6.45, 7) is 0. The van der Waals surface area contributed by atoms with Crippen LogP contribution in [0.2, 0.25) is 0 Å². The van der Waals surface area contributed by atoms with E-state index in [2.05, 4.69) is 15.5 Å². The molecule has 0 aliphatic carbocycles. The van der Waals surface area contributed by atoms with E-state index in [1.165, 1.54) is 4.90 Å². The number of benzene rings is 2. The molecule has 0 bridgehead atoms. The molecule has 1 aromatic heterocycles. The molecule has 0 saturated heterocycles. The normalized spacial score (nSPS) is 10.5. The molecule has 0 fully saturated rings. The molecule has 132 valence electrons. The highest BCUT2D eigenvalue weighted by atomic mass is 16.2. The van der Waals surface area contributed by atoms with Gasteiger partial charge in [-0.2, -0.15) is 5.10 Å². The molecule has 0 saturated carbocycles. The Hall–Kier alpha value is -3.48. The van der Waals surface area contributed by atoms with Crippen LogP contribution in [0.1, 0.15) is 16.1 Å². The van der Waals surface area contributed by atoms with Gasteiger partial charge in [-0.25, -0.2) is 5.10 Å². The van der Waals surface area contributed by atoms with Crippen LogP contribution in [-0.2, 0) is 11.2 Å². The van der Waals surface area contributed by atoms with Crippen molar-refractivity contribution < 1.29 is 9.59 Å². The molecule has 1 heterocycles. The molecule has 2 amide bonds. The van der Waals surface area contributed by atoms with E-state index in [0.717, 1.165) is 0 Å². The summed E-state index contributed by atoms with van der Waals surface area (Å²) < 4.78 is 0. The number of H-pyrrole nitrogens is 1. The minimum Gasteiger partial charge on any atom is -0.345 e. The van der Waals surface area contributed by atoms with Crippen LogP contribution in [0.3, 0.4) is 0 Å². The van der Waals surface area contributed by atoms with Crippen LogP contribution < -0.4 is 10.9 Å². The van der Waals surface area contributed by atoms with Gasteiger partial charge < -0.3 is 10.2 Å². The van der Waals surface area contributed by atoms with Crippen LogP contribution in [0.5, 0.6) is 0 Å². The van der Waals surface area contributed by atoms with E-state index in [1.54, 1.807) is 62.6 Å². The van der Waals surface area contributed by atoms with E-state index in [1.807, 2.05) is 0 Å². The average Bonchev–Trinajstić information content (AvgIpc) is 2.64. The van der Waals surface area contributed by atoms with Gasteiger partial charge in [0.1, 0.15) is 0 Å². The molecule has 0 aliphatic rings. The second-order valence-electron chi connectivity index (χ2n) is 6.05. The minimum absolute atomic E-state index is 0.0235. The largest absolute Gasteiger partial charge is 0.345 e. The van der Waals surface area contributed by atoms with Gasteiger partial charge in [-0.3, -0.25) is 14.4 Å². The standard InChI is InChI=1S/C19H18N4O3/c1-23(2)19(26)12-7-9-13(10-8-12)20-17(24)11-16-14-5-3-4-6-15(14)18(25)22-21-16/h3-10H,11H2,1-2H3,(H,20,24)(H,22,25). The van der Waals surface area contributed by atoms with Gasteiger partial charge in [0, 0.05) is 30.7 Å². The lowest BCUT2D eigenvalue weighted by Gasteiger charge is -2.11. The molecular formula is C19H18N4O3. The fourth-order valence-electron chi connectivity index (χ4n) is 2.62. The van der Waals surface area contributed by atoms with Crippen LogP contribution in [0.25, 0.3) is 10.8 Å². The molecule has 7 nitrogen and oxygen atoms in total. The van der Waals surface area contributed by atoms with E-state index >= 15 is 0 Å². The molecule has 7 heteroatoms. The number of aromatic amines is 1. The monoisotopic (exact) mass is 350 g/mol. The summed E-state index contributed by atoms with van der Waals surface area (Å²) in [7, 11) is 3.36. The second kappa shape index (κ2) is 7.18. The Kier molecular flexibility index (Phi) is 4.79. The number of fused-ring (bicyclic) bond motifs is 1. The van der Waals surface area contributed by atoms with E-state index in [9.17, 15) is 14.4 Å². The predicted octanol–water partition coefficient (Wildman–Crippen LogP) is 1.81. The lowest BCUT2D eigenvalue weighted by Crippen LogP contribution is -2.21. The topological polar surface area (TPSA) is 95.2 Å². The first kappa shape index (κ1) is 17.3. The summed E-state index contributed by atoms with van der Waals surface area (Å²) in [6.07, 6.45) is 0.0235. The Morgan fingerprint density at radius 1 is 1.04 bits per heavy atom. The third-order valence-corrected chi connectivity index (χ3v) is 3.92. The molecule has 3 aromatic rings. The molecule has 2 aromatic carbocycles. The first-order chi connectivity index (χ1) is 12.5. The Morgan fingerprint density at radius 2 is 1.69 bits per heavy atom. The number of nitrogens with one attached hydrogen (secondary N) is 2. The molecular weight excluding hydrogens is 332 g/mol. The van der Waals surface area contributed by atoms with Crippen LogP contribution >= 0.6 is 0 Å². The van der Waals surface area contributed by atoms with Crippen molar-refractivity contribution in [2.75, 3.05) is 19.4 Å². The molecule has 0 atom stereocenters. The first-order valence-corrected chi connectivity index (χ1v) is 8.03. The Labute approximate surface area is 149 Å². The van der Waals surface area contributed by atoms with E-state index in [0.29, 0.717) is 27.7 Å². The molecule has 0 spiro atoms. The summed E-state index contributed by atoms with van der Waals surface area (Å²) in [5.74, 6) is -0.367. The number of carbonyl (C=O) groups is 2. The highest BCUT2D eigenvalue weighted by molar-refractivity contribution is 5.97. The molecule has 3 rings (SSSR count). The van der Waals surface area contributed by atoms with Gasteiger partial charge in [0.05, 0.1) is 17.5 Å². The van der Waals surface area contributed by atoms with Crippen molar-refractivity contribution in [3.05, 3.63) is 70.1 Å². The van der Waals surface area contributed by atoms with Gasteiger partial charge in [0.15, 0.2) is 0 Å². The molecule has 0 radical (unpaired) electrons. The Morgan fingerprint density at radius 3 is 2.35 bits per heavy atom. The number of rotatable bonds is 4. The number of amides is 2. The molecule has 0 unspecified atom stereocenters. The average molecular weight is 350 g/mol. The lowest BCUT2D eigenvalue weighted by molar-refractivity contribution is -0.115. The summed E-state index contributed by atoms with van der Waals surface area (Å²) in [5, 5.41) is 10.3. The zero-order valence-corrected chi connectivity index (χ0v) is 14.4. The van der Waals surface area contributed by atoms with E-state index < -0.39 is 0 Å². The van der Waals surface area contributed by atoms with E-state index in [-0.39, 0.29) is 23.8 Å². The van der Waals surface area contributed by atoms with Crippen molar-refractivity contribution in [1.29, 1.82) is 0 Å².